The minimum atomic E-state index is -1.07. The monoisotopic (exact) mass is 488 g/mol. The molecule has 0 amide bonds. The number of esters is 1. The zero-order valence-corrected chi connectivity index (χ0v) is 24.1. The van der Waals surface area contributed by atoms with Crippen molar-refractivity contribution < 1.29 is 18.8 Å². The Morgan fingerprint density at radius 1 is 1.12 bits per heavy atom. The molecule has 0 bridgehead atoms. The molecule has 0 radical (unpaired) electrons. The second-order valence-electron chi connectivity index (χ2n) is 13.8. The Hall–Kier alpha value is -0.943. The lowest BCUT2D eigenvalue weighted by atomic mass is 9.46. The molecule has 34 heavy (non-hydrogen) atoms. The number of hydrogen-bond donors (Lipinski definition) is 0. The third kappa shape index (κ3) is 4.49. The van der Waals surface area contributed by atoms with Gasteiger partial charge in [-0.1, -0.05) is 40.2 Å². The van der Waals surface area contributed by atoms with Crippen LogP contribution in [0, 0.1) is 45.8 Å². The Kier molecular flexibility index (Phi) is 7.05. The summed E-state index contributed by atoms with van der Waals surface area (Å²) in [6.45, 7) is 19.0. The molecule has 2 unspecified atom stereocenters. The summed E-state index contributed by atoms with van der Waals surface area (Å²) in [7, 11) is -1.07. The fourth-order valence-electron chi connectivity index (χ4n) is 8.67. The van der Waals surface area contributed by atoms with Gasteiger partial charge in [-0.25, -0.2) is 0 Å². The largest absolute Gasteiger partial charge is 0.462 e. The van der Waals surface area contributed by atoms with Gasteiger partial charge in [0.1, 0.15) is 6.10 Å². The van der Waals surface area contributed by atoms with Crippen molar-refractivity contribution in [1.29, 1.82) is 0 Å². The van der Waals surface area contributed by atoms with Crippen LogP contribution in [0.1, 0.15) is 86.5 Å². The molecule has 0 spiro atoms. The lowest BCUT2D eigenvalue weighted by Crippen LogP contribution is -2.54. The van der Waals surface area contributed by atoms with Crippen LogP contribution in [0.3, 0.4) is 0 Å². The van der Waals surface area contributed by atoms with Gasteiger partial charge in [0.2, 0.25) is 0 Å². The maximum Gasteiger partial charge on any atom is 0.302 e. The Bertz CT molecular complexity index is 842. The van der Waals surface area contributed by atoms with E-state index in [4.69, 9.17) is 9.16 Å². The van der Waals surface area contributed by atoms with Gasteiger partial charge in [-0.2, -0.15) is 0 Å². The van der Waals surface area contributed by atoms with Crippen LogP contribution in [-0.2, 0) is 18.8 Å². The van der Waals surface area contributed by atoms with Gasteiger partial charge in [-0.15, -0.1) is 0 Å². The smallest absolute Gasteiger partial charge is 0.302 e. The maximum absolute atomic E-state index is 13.7. The summed E-state index contributed by atoms with van der Waals surface area (Å²) in [5.74, 6) is 2.37. The Morgan fingerprint density at radius 2 is 1.82 bits per heavy atom. The van der Waals surface area contributed by atoms with Crippen molar-refractivity contribution in [1.82, 2.24) is 0 Å². The van der Waals surface area contributed by atoms with Crippen LogP contribution in [0.15, 0.2) is 11.6 Å². The molecule has 4 nitrogen and oxygen atoms in total. The number of ketones is 1. The summed E-state index contributed by atoms with van der Waals surface area (Å²) in [4.78, 5) is 25.3. The molecule has 3 fully saturated rings. The van der Waals surface area contributed by atoms with Gasteiger partial charge in [0, 0.05) is 25.9 Å². The first-order chi connectivity index (χ1) is 15.8. The predicted molar refractivity (Wildman–Crippen MR) is 139 cm³/mol. The van der Waals surface area contributed by atoms with E-state index in [-0.39, 0.29) is 34.2 Å². The summed E-state index contributed by atoms with van der Waals surface area (Å²) < 4.78 is 11.9. The van der Waals surface area contributed by atoms with Crippen LogP contribution < -0.4 is 0 Å². The topological polar surface area (TPSA) is 52.6 Å². The number of carbonyl (C=O) groups is 2. The average Bonchev–Trinajstić information content (AvgIpc) is 3.05. The number of carbonyl (C=O) groups excluding carboxylic acids is 2. The molecule has 0 saturated heterocycles. The molecule has 8 atom stereocenters. The van der Waals surface area contributed by atoms with E-state index in [2.05, 4.69) is 47.7 Å². The van der Waals surface area contributed by atoms with Crippen LogP contribution in [0.25, 0.3) is 0 Å². The van der Waals surface area contributed by atoms with E-state index >= 15 is 0 Å². The molecule has 4 aliphatic rings. The van der Waals surface area contributed by atoms with Crippen LogP contribution in [0.2, 0.25) is 13.1 Å². The highest BCUT2D eigenvalue weighted by Gasteiger charge is 2.62. The molecule has 0 aromatic heterocycles. The van der Waals surface area contributed by atoms with Crippen molar-refractivity contribution >= 4 is 20.8 Å². The van der Waals surface area contributed by atoms with E-state index in [9.17, 15) is 9.59 Å². The van der Waals surface area contributed by atoms with Crippen molar-refractivity contribution in [2.75, 3.05) is 6.61 Å². The molecule has 192 valence electrons. The Balaban J connectivity index is 1.61. The highest BCUT2D eigenvalue weighted by atomic mass is 28.3. The first-order valence-corrected chi connectivity index (χ1v) is 16.6. The van der Waals surface area contributed by atoms with Gasteiger partial charge < -0.3 is 9.16 Å². The number of ether oxygens (including phenoxy) is 1. The molecule has 3 saturated carbocycles. The maximum atomic E-state index is 13.7. The molecular formula is C29H48O4Si. The summed E-state index contributed by atoms with van der Waals surface area (Å²) in [6.07, 6.45) is 9.36. The molecule has 0 N–H and O–H groups in total. The van der Waals surface area contributed by atoms with E-state index < -0.39 is 9.04 Å². The van der Waals surface area contributed by atoms with E-state index in [0.29, 0.717) is 29.5 Å². The SMILES string of the molecule is CC(=O)OC1CC[C@@]2(C)C(=CC(=O)[C@H]3[C@@H]4CC[C@H](C(CO[SiH](C)C)C(C)(C)C)[C@@]4(C)CC[C@@H]32)C1. The number of hydrogen-bond acceptors (Lipinski definition) is 4. The lowest BCUT2D eigenvalue weighted by molar-refractivity contribution is -0.149. The standard InChI is InChI=1S/C29H48O4Si/c1-18(30)33-20-11-13-28(5)19(15-20)16-25(31)26-22-10-9-21(29(22,6)14-12-23(26)28)24(27(2,3)4)17-32-34(7)8/h16,20-24,26,34H,9-15,17H2,1-8H3/t20?,21-,22+,23+,24?,26+,28+,29-/m1/s1. The highest BCUT2D eigenvalue weighted by molar-refractivity contribution is 6.48. The van der Waals surface area contributed by atoms with Gasteiger partial charge in [-0.05, 0) is 97.6 Å². The fourth-order valence-corrected chi connectivity index (χ4v) is 9.26. The van der Waals surface area contributed by atoms with Crippen molar-refractivity contribution in [3.05, 3.63) is 11.6 Å². The second kappa shape index (κ2) is 9.17. The van der Waals surface area contributed by atoms with Crippen molar-refractivity contribution in [2.45, 2.75) is 106 Å². The summed E-state index contributed by atoms with van der Waals surface area (Å²) in [5.41, 5.74) is 1.74. The molecule has 4 aliphatic carbocycles. The summed E-state index contributed by atoms with van der Waals surface area (Å²) in [6, 6.07) is 0. The van der Waals surface area contributed by atoms with Crippen molar-refractivity contribution in [3.8, 4) is 0 Å². The molecular weight excluding hydrogens is 440 g/mol. The zero-order chi connectivity index (χ0) is 25.1. The summed E-state index contributed by atoms with van der Waals surface area (Å²) >= 11 is 0. The van der Waals surface area contributed by atoms with E-state index in [1.54, 1.807) is 0 Å². The molecule has 0 heterocycles. The van der Waals surface area contributed by atoms with E-state index in [1.165, 1.54) is 31.8 Å². The third-order valence-corrected chi connectivity index (χ3v) is 11.4. The Labute approximate surface area is 209 Å². The third-order valence-electron chi connectivity index (χ3n) is 10.5. The number of allylic oxidation sites excluding steroid dienone is 1. The molecule has 0 aromatic carbocycles. The van der Waals surface area contributed by atoms with Crippen LogP contribution in [-0.4, -0.2) is 33.5 Å². The molecule has 5 heteroatoms. The van der Waals surface area contributed by atoms with Gasteiger partial charge in [0.15, 0.2) is 14.8 Å². The Morgan fingerprint density at radius 3 is 2.44 bits per heavy atom. The number of rotatable bonds is 5. The highest BCUT2D eigenvalue weighted by Crippen LogP contribution is 2.67. The lowest BCUT2D eigenvalue weighted by Gasteiger charge is -2.58. The number of fused-ring (bicyclic) bond motifs is 5. The minimum Gasteiger partial charge on any atom is -0.462 e. The molecule has 0 aromatic rings. The van der Waals surface area contributed by atoms with E-state index in [1.807, 2.05) is 6.08 Å². The van der Waals surface area contributed by atoms with Crippen molar-refractivity contribution in [3.63, 3.8) is 0 Å². The van der Waals surface area contributed by atoms with Gasteiger partial charge in [0.25, 0.3) is 0 Å². The van der Waals surface area contributed by atoms with Gasteiger partial charge in [0.05, 0.1) is 0 Å². The van der Waals surface area contributed by atoms with E-state index in [0.717, 1.165) is 32.3 Å². The summed E-state index contributed by atoms with van der Waals surface area (Å²) in [5, 5.41) is 0. The first kappa shape index (κ1) is 26.1. The van der Waals surface area contributed by atoms with Crippen LogP contribution in [0.5, 0.6) is 0 Å². The first-order valence-electron chi connectivity index (χ1n) is 13.8. The second-order valence-corrected chi connectivity index (χ2v) is 16.2. The normalized spacial score (nSPS) is 40.8. The molecule has 4 rings (SSSR count). The average molecular weight is 489 g/mol. The van der Waals surface area contributed by atoms with Crippen LogP contribution >= 0.6 is 0 Å². The van der Waals surface area contributed by atoms with Gasteiger partial charge >= 0.3 is 5.97 Å². The van der Waals surface area contributed by atoms with Crippen molar-refractivity contribution in [2.24, 2.45) is 45.8 Å². The predicted octanol–water partition coefficient (Wildman–Crippen LogP) is 6.34. The molecule has 0 aliphatic heterocycles. The fraction of sp³-hybridized carbons (Fsp3) is 0.862. The van der Waals surface area contributed by atoms with Crippen LogP contribution in [0.4, 0.5) is 0 Å². The minimum absolute atomic E-state index is 0.0667. The quantitative estimate of drug-likeness (QED) is 0.335. The zero-order valence-electron chi connectivity index (χ0n) is 22.9. The van der Waals surface area contributed by atoms with Gasteiger partial charge in [-0.3, -0.25) is 9.59 Å².